The van der Waals surface area contributed by atoms with Gasteiger partial charge in [0.15, 0.2) is 5.65 Å². The van der Waals surface area contributed by atoms with E-state index in [1.54, 1.807) is 39.8 Å². The van der Waals surface area contributed by atoms with Crippen LogP contribution in [0.3, 0.4) is 0 Å². The predicted octanol–water partition coefficient (Wildman–Crippen LogP) is 5.25. The number of aliphatic hydroxyl groups is 1. The van der Waals surface area contributed by atoms with Crippen LogP contribution in [-0.2, 0) is 5.60 Å². The van der Waals surface area contributed by atoms with Crippen LogP contribution >= 0.6 is 0 Å². The molecule has 0 atom stereocenters. The Morgan fingerprint density at radius 3 is 2.46 bits per heavy atom. The minimum Gasteiger partial charge on any atom is -0.456 e. The second-order valence-electron chi connectivity index (χ2n) is 11.3. The van der Waals surface area contributed by atoms with E-state index >= 15 is 0 Å². The predicted molar refractivity (Wildman–Crippen MR) is 157 cm³/mol. The molecule has 2 aromatic carbocycles. The van der Waals surface area contributed by atoms with Crippen LogP contribution in [0.1, 0.15) is 46.9 Å². The molecule has 0 saturated carbocycles. The van der Waals surface area contributed by atoms with Crippen molar-refractivity contribution < 1.29 is 19.0 Å². The van der Waals surface area contributed by atoms with Crippen molar-refractivity contribution in [1.82, 2.24) is 29.8 Å². The van der Waals surface area contributed by atoms with Crippen molar-refractivity contribution in [2.45, 2.75) is 40.2 Å². The summed E-state index contributed by atoms with van der Waals surface area (Å²) in [5.74, 6) is 1.17. The molecular weight excluding hydrogens is 523 g/mol. The lowest BCUT2D eigenvalue weighted by atomic mass is 9.93. The number of halogens is 1. The first-order valence-electron chi connectivity index (χ1n) is 13.5. The number of carbonyl (C=O) groups excluding carboxylic acids is 1. The Morgan fingerprint density at radius 2 is 1.80 bits per heavy atom. The number of benzene rings is 2. The van der Waals surface area contributed by atoms with Crippen LogP contribution in [0.25, 0.3) is 27.7 Å². The average molecular weight is 559 g/mol. The van der Waals surface area contributed by atoms with Crippen LogP contribution in [0.15, 0.2) is 42.6 Å². The van der Waals surface area contributed by atoms with Crippen LogP contribution in [0, 0.1) is 26.6 Å². The standard InChI is InChI=1S/C31H35FN6O3/c1-17-12-21(32)13-18(2)28(17)41-26-9-8-20(31(4,5)40)14-22(26)24-16-38-19(3)35-36-29(38)27-23(24)15-25(34-27)30(39)33-10-11-37(6)7/h8-9,12-16,34,40H,10-11H2,1-7H3,(H,33,39). The molecule has 0 saturated heterocycles. The fraction of sp³-hybridized carbons (Fsp3) is 0.323. The molecule has 0 spiro atoms. The fourth-order valence-corrected chi connectivity index (χ4v) is 4.94. The molecule has 3 heterocycles. The van der Waals surface area contributed by atoms with E-state index in [-0.39, 0.29) is 11.7 Å². The van der Waals surface area contributed by atoms with E-state index in [9.17, 15) is 14.3 Å². The molecule has 3 aromatic heterocycles. The highest BCUT2D eigenvalue weighted by Gasteiger charge is 2.24. The minimum atomic E-state index is -1.12. The van der Waals surface area contributed by atoms with Crippen LogP contribution in [0.2, 0.25) is 0 Å². The first kappa shape index (κ1) is 28.3. The number of aromatic nitrogens is 4. The van der Waals surface area contributed by atoms with Gasteiger partial charge in [-0.1, -0.05) is 6.07 Å². The third kappa shape index (κ3) is 5.53. The summed E-state index contributed by atoms with van der Waals surface area (Å²) >= 11 is 0. The smallest absolute Gasteiger partial charge is 0.267 e. The Kier molecular flexibility index (Phi) is 7.31. The maximum atomic E-state index is 14.1. The number of amides is 1. The zero-order chi connectivity index (χ0) is 29.6. The van der Waals surface area contributed by atoms with E-state index in [0.29, 0.717) is 69.5 Å². The Morgan fingerprint density at radius 1 is 1.10 bits per heavy atom. The Balaban J connectivity index is 1.73. The molecule has 41 heavy (non-hydrogen) atoms. The number of H-pyrrole nitrogens is 1. The minimum absolute atomic E-state index is 0.234. The van der Waals surface area contributed by atoms with Gasteiger partial charge >= 0.3 is 0 Å². The van der Waals surface area contributed by atoms with Gasteiger partial charge in [0.25, 0.3) is 5.91 Å². The van der Waals surface area contributed by atoms with Gasteiger partial charge in [-0.25, -0.2) is 4.39 Å². The van der Waals surface area contributed by atoms with Gasteiger partial charge in [0.05, 0.1) is 11.1 Å². The monoisotopic (exact) mass is 558 g/mol. The second kappa shape index (κ2) is 10.6. The molecule has 0 aliphatic rings. The van der Waals surface area contributed by atoms with Gasteiger partial charge in [-0.2, -0.15) is 0 Å². The number of aryl methyl sites for hydroxylation is 3. The van der Waals surface area contributed by atoms with Gasteiger partial charge in [-0.3, -0.25) is 9.20 Å². The summed E-state index contributed by atoms with van der Waals surface area (Å²) in [6, 6.07) is 10.2. The highest BCUT2D eigenvalue weighted by atomic mass is 19.1. The van der Waals surface area contributed by atoms with Gasteiger partial charge < -0.3 is 25.0 Å². The summed E-state index contributed by atoms with van der Waals surface area (Å²) in [7, 11) is 3.89. The van der Waals surface area contributed by atoms with Gasteiger partial charge in [0.1, 0.15) is 28.8 Å². The number of likely N-dealkylation sites (N-methyl/N-ethyl adjacent to an activating group) is 1. The van der Waals surface area contributed by atoms with E-state index in [2.05, 4.69) is 20.5 Å². The van der Waals surface area contributed by atoms with E-state index in [0.717, 1.165) is 10.9 Å². The zero-order valence-electron chi connectivity index (χ0n) is 24.4. The lowest BCUT2D eigenvalue weighted by molar-refractivity contribution is 0.0786. The Bertz CT molecular complexity index is 1760. The summed E-state index contributed by atoms with van der Waals surface area (Å²) in [6.45, 7) is 10.1. The van der Waals surface area contributed by atoms with Crippen molar-refractivity contribution in [3.05, 3.63) is 76.6 Å². The molecule has 0 unspecified atom stereocenters. The number of nitrogens with one attached hydrogen (secondary N) is 2. The van der Waals surface area contributed by atoms with Crippen LogP contribution < -0.4 is 10.1 Å². The summed E-state index contributed by atoms with van der Waals surface area (Å²) < 4.78 is 22.4. The fourth-order valence-electron chi connectivity index (χ4n) is 4.94. The third-order valence-corrected chi connectivity index (χ3v) is 7.16. The number of hydrogen-bond acceptors (Lipinski definition) is 6. The van der Waals surface area contributed by atoms with Crippen molar-refractivity contribution in [2.24, 2.45) is 0 Å². The molecule has 0 fully saturated rings. The molecule has 0 bridgehead atoms. The normalized spacial score (nSPS) is 12.0. The van der Waals surface area contributed by atoms with Gasteiger partial charge in [0, 0.05) is 35.8 Å². The summed E-state index contributed by atoms with van der Waals surface area (Å²) in [4.78, 5) is 18.3. The molecule has 5 rings (SSSR count). The van der Waals surface area contributed by atoms with Crippen molar-refractivity contribution in [1.29, 1.82) is 0 Å². The zero-order valence-corrected chi connectivity index (χ0v) is 24.4. The molecule has 0 radical (unpaired) electrons. The molecule has 0 aliphatic heterocycles. The molecule has 1 amide bonds. The van der Waals surface area contributed by atoms with Gasteiger partial charge in [-0.05, 0) is 95.7 Å². The topological polar surface area (TPSA) is 108 Å². The van der Waals surface area contributed by atoms with Crippen LogP contribution in [0.4, 0.5) is 4.39 Å². The summed E-state index contributed by atoms with van der Waals surface area (Å²) in [6.07, 6.45) is 1.91. The summed E-state index contributed by atoms with van der Waals surface area (Å²) in [5, 5.41) is 23.2. The van der Waals surface area contributed by atoms with Crippen molar-refractivity contribution >= 4 is 22.5 Å². The second-order valence-corrected chi connectivity index (χ2v) is 11.3. The molecule has 9 nitrogen and oxygen atoms in total. The van der Waals surface area contributed by atoms with Gasteiger partial charge in [-0.15, -0.1) is 10.2 Å². The molecule has 3 N–H and O–H groups in total. The SMILES string of the molecule is Cc1cc(F)cc(C)c1Oc1ccc(C(C)(C)O)cc1-c1cn2c(C)nnc2c2[nH]c(C(=O)NCCN(C)C)cc12. The largest absolute Gasteiger partial charge is 0.456 e. The lowest BCUT2D eigenvalue weighted by Crippen LogP contribution is -2.31. The summed E-state index contributed by atoms with van der Waals surface area (Å²) in [5.41, 5.74) is 3.93. The Labute approximate surface area is 238 Å². The van der Waals surface area contributed by atoms with Crippen molar-refractivity contribution in [2.75, 3.05) is 27.2 Å². The molecule has 10 heteroatoms. The highest BCUT2D eigenvalue weighted by Crippen LogP contribution is 2.42. The maximum Gasteiger partial charge on any atom is 0.267 e. The number of aromatic amines is 1. The lowest BCUT2D eigenvalue weighted by Gasteiger charge is -2.22. The average Bonchev–Trinajstić information content (AvgIpc) is 3.49. The van der Waals surface area contributed by atoms with Crippen LogP contribution in [0.5, 0.6) is 11.5 Å². The first-order chi connectivity index (χ1) is 19.3. The van der Waals surface area contributed by atoms with E-state index in [4.69, 9.17) is 4.74 Å². The molecular formula is C31H35FN6O3. The molecule has 214 valence electrons. The van der Waals surface area contributed by atoms with E-state index < -0.39 is 5.60 Å². The maximum absolute atomic E-state index is 14.1. The molecule has 5 aromatic rings. The number of hydrogen-bond donors (Lipinski definition) is 3. The first-order valence-corrected chi connectivity index (χ1v) is 13.5. The number of pyridine rings is 1. The molecule has 0 aliphatic carbocycles. The van der Waals surface area contributed by atoms with Crippen molar-refractivity contribution in [3.8, 4) is 22.6 Å². The quantitative estimate of drug-likeness (QED) is 0.240. The van der Waals surface area contributed by atoms with E-state index in [1.807, 2.05) is 48.6 Å². The Hall–Kier alpha value is -4.28. The number of carbonyl (C=O) groups is 1. The van der Waals surface area contributed by atoms with Gasteiger partial charge in [0.2, 0.25) is 0 Å². The highest BCUT2D eigenvalue weighted by molar-refractivity contribution is 6.07. The van der Waals surface area contributed by atoms with Crippen molar-refractivity contribution in [3.63, 3.8) is 0 Å². The van der Waals surface area contributed by atoms with E-state index in [1.165, 1.54) is 12.1 Å². The number of nitrogens with zero attached hydrogens (tertiary/aromatic N) is 4. The number of ether oxygens (including phenoxy) is 1. The number of fused-ring (bicyclic) bond motifs is 3. The number of rotatable bonds is 8. The van der Waals surface area contributed by atoms with Crippen LogP contribution in [-0.4, -0.2) is 62.7 Å². The third-order valence-electron chi connectivity index (χ3n) is 7.16.